The van der Waals surface area contributed by atoms with Crippen LogP contribution in [0.3, 0.4) is 0 Å². The van der Waals surface area contributed by atoms with E-state index in [1.807, 2.05) is 25.2 Å². The summed E-state index contributed by atoms with van der Waals surface area (Å²) < 4.78 is 13.2. The number of aryl methyl sites for hydroxylation is 2. The van der Waals surface area contributed by atoms with Crippen LogP contribution in [0.4, 0.5) is 0 Å². The molecule has 0 saturated heterocycles. The van der Waals surface area contributed by atoms with E-state index in [1.54, 1.807) is 14.2 Å². The van der Waals surface area contributed by atoms with Crippen LogP contribution in [-0.2, 0) is 24.9 Å². The summed E-state index contributed by atoms with van der Waals surface area (Å²) >= 11 is 0. The van der Waals surface area contributed by atoms with E-state index in [2.05, 4.69) is 51.4 Å². The Morgan fingerprint density at radius 3 is 2.67 bits per heavy atom. The number of aromatic nitrogens is 2. The number of hydrogen-bond acceptors (Lipinski definition) is 4. The van der Waals surface area contributed by atoms with Crippen LogP contribution in [0.15, 0.2) is 47.5 Å². The molecule has 160 valence electrons. The third-order valence-corrected chi connectivity index (χ3v) is 4.94. The quantitative estimate of drug-likeness (QED) is 0.323. The average molecular weight is 410 g/mol. The first-order chi connectivity index (χ1) is 14.6. The molecule has 0 radical (unpaired) electrons. The van der Waals surface area contributed by atoms with E-state index in [0.717, 1.165) is 34.6 Å². The van der Waals surface area contributed by atoms with Gasteiger partial charge in [-0.1, -0.05) is 24.3 Å². The molecule has 1 aromatic heterocycles. The number of nitrogens with one attached hydrogen (secondary N) is 2. The molecule has 0 spiro atoms. The molecule has 0 unspecified atom stereocenters. The van der Waals surface area contributed by atoms with Gasteiger partial charge in [0.2, 0.25) is 0 Å². The maximum atomic E-state index is 5.97. The Balaban J connectivity index is 1.59. The first kappa shape index (κ1) is 21.6. The SMILES string of the molecule is CN=C(NCc1ccc(C)cc1OCCCOC)NCc1nc2ccccc2n1C. The van der Waals surface area contributed by atoms with Crippen LogP contribution in [0.2, 0.25) is 0 Å². The normalized spacial score (nSPS) is 11.7. The monoisotopic (exact) mass is 409 g/mol. The fourth-order valence-electron chi connectivity index (χ4n) is 3.24. The molecule has 3 rings (SSSR count). The highest BCUT2D eigenvalue weighted by molar-refractivity contribution is 5.80. The van der Waals surface area contributed by atoms with E-state index >= 15 is 0 Å². The molecular formula is C23H31N5O2. The number of imidazole rings is 1. The minimum Gasteiger partial charge on any atom is -0.493 e. The van der Waals surface area contributed by atoms with Gasteiger partial charge in [-0.25, -0.2) is 4.98 Å². The number of ether oxygens (including phenoxy) is 2. The number of para-hydroxylation sites is 2. The van der Waals surface area contributed by atoms with E-state index in [1.165, 1.54) is 5.56 Å². The topological polar surface area (TPSA) is 72.7 Å². The molecule has 0 amide bonds. The molecule has 7 nitrogen and oxygen atoms in total. The summed E-state index contributed by atoms with van der Waals surface area (Å²) in [5.74, 6) is 2.56. The lowest BCUT2D eigenvalue weighted by atomic mass is 10.1. The number of hydrogen-bond donors (Lipinski definition) is 2. The molecule has 30 heavy (non-hydrogen) atoms. The van der Waals surface area contributed by atoms with E-state index in [9.17, 15) is 0 Å². The highest BCUT2D eigenvalue weighted by atomic mass is 16.5. The van der Waals surface area contributed by atoms with Crippen molar-refractivity contribution in [2.75, 3.05) is 27.4 Å². The zero-order chi connectivity index (χ0) is 21.3. The number of fused-ring (bicyclic) bond motifs is 1. The number of guanidine groups is 1. The average Bonchev–Trinajstić information content (AvgIpc) is 3.08. The summed E-state index contributed by atoms with van der Waals surface area (Å²) in [6, 6.07) is 14.4. The molecule has 0 fully saturated rings. The second-order valence-corrected chi connectivity index (χ2v) is 7.16. The highest BCUT2D eigenvalue weighted by Gasteiger charge is 2.09. The number of nitrogens with zero attached hydrogens (tertiary/aromatic N) is 3. The fraction of sp³-hybridized carbons (Fsp3) is 0.391. The van der Waals surface area contributed by atoms with E-state index in [0.29, 0.717) is 32.3 Å². The number of methoxy groups -OCH3 is 1. The van der Waals surface area contributed by atoms with Crippen molar-refractivity contribution >= 4 is 17.0 Å². The smallest absolute Gasteiger partial charge is 0.191 e. The van der Waals surface area contributed by atoms with Crippen LogP contribution in [0.1, 0.15) is 23.4 Å². The van der Waals surface area contributed by atoms with Crippen LogP contribution in [0, 0.1) is 6.92 Å². The summed E-state index contributed by atoms with van der Waals surface area (Å²) in [4.78, 5) is 9.03. The van der Waals surface area contributed by atoms with Crippen molar-refractivity contribution in [2.45, 2.75) is 26.4 Å². The molecule has 0 atom stereocenters. The van der Waals surface area contributed by atoms with Crippen molar-refractivity contribution in [1.82, 2.24) is 20.2 Å². The van der Waals surface area contributed by atoms with Gasteiger partial charge in [0.15, 0.2) is 5.96 Å². The van der Waals surface area contributed by atoms with Gasteiger partial charge in [0.25, 0.3) is 0 Å². The van der Waals surface area contributed by atoms with Gasteiger partial charge < -0.3 is 24.7 Å². The molecular weight excluding hydrogens is 378 g/mol. The fourth-order valence-corrected chi connectivity index (χ4v) is 3.24. The van der Waals surface area contributed by atoms with Crippen molar-refractivity contribution in [1.29, 1.82) is 0 Å². The Kier molecular flexibility index (Phi) is 7.68. The number of aliphatic imine (C=N–C) groups is 1. The Morgan fingerprint density at radius 1 is 1.10 bits per heavy atom. The molecule has 1 heterocycles. The molecule has 0 bridgehead atoms. The second-order valence-electron chi connectivity index (χ2n) is 7.16. The first-order valence-corrected chi connectivity index (χ1v) is 10.2. The van der Waals surface area contributed by atoms with Crippen LogP contribution < -0.4 is 15.4 Å². The minimum absolute atomic E-state index is 0.582. The van der Waals surface area contributed by atoms with Crippen molar-refractivity contribution in [3.05, 3.63) is 59.4 Å². The molecule has 0 aliphatic rings. The van der Waals surface area contributed by atoms with E-state index in [4.69, 9.17) is 14.5 Å². The number of benzene rings is 2. The summed E-state index contributed by atoms with van der Waals surface area (Å²) in [7, 11) is 5.50. The lowest BCUT2D eigenvalue weighted by molar-refractivity contribution is 0.171. The lowest BCUT2D eigenvalue weighted by Gasteiger charge is -2.15. The maximum Gasteiger partial charge on any atom is 0.191 e. The van der Waals surface area contributed by atoms with E-state index in [-0.39, 0.29) is 0 Å². The molecule has 0 saturated carbocycles. The number of rotatable bonds is 9. The Hall–Kier alpha value is -3.06. The second kappa shape index (κ2) is 10.6. The zero-order valence-corrected chi connectivity index (χ0v) is 18.2. The van der Waals surface area contributed by atoms with Gasteiger partial charge in [0, 0.05) is 46.3 Å². The summed E-state index contributed by atoms with van der Waals surface area (Å²) in [5, 5.41) is 6.71. The maximum absolute atomic E-state index is 5.97. The predicted octanol–water partition coefficient (Wildman–Crippen LogP) is 3.16. The lowest BCUT2D eigenvalue weighted by Crippen LogP contribution is -2.37. The van der Waals surface area contributed by atoms with Gasteiger partial charge in [0.05, 0.1) is 24.2 Å². The standard InChI is InChI=1S/C23H31N5O2/c1-17-10-11-18(21(14-17)30-13-7-12-29-4)15-25-23(24-2)26-16-22-27-19-8-5-6-9-20(19)28(22)3/h5-6,8-11,14H,7,12-13,15-16H2,1-4H3,(H2,24,25,26). The zero-order valence-electron chi connectivity index (χ0n) is 18.2. The largest absolute Gasteiger partial charge is 0.493 e. The van der Waals surface area contributed by atoms with Gasteiger partial charge in [-0.3, -0.25) is 4.99 Å². The molecule has 3 aromatic rings. The summed E-state index contributed by atoms with van der Waals surface area (Å²) in [6.45, 7) is 4.58. The third-order valence-electron chi connectivity index (χ3n) is 4.94. The third kappa shape index (κ3) is 5.51. The van der Waals surface area contributed by atoms with Crippen molar-refractivity contribution < 1.29 is 9.47 Å². The summed E-state index contributed by atoms with van der Waals surface area (Å²) in [5.41, 5.74) is 4.37. The van der Waals surface area contributed by atoms with Gasteiger partial charge >= 0.3 is 0 Å². The molecule has 0 aliphatic heterocycles. The van der Waals surface area contributed by atoms with Crippen LogP contribution in [0.25, 0.3) is 11.0 Å². The van der Waals surface area contributed by atoms with Crippen molar-refractivity contribution in [2.24, 2.45) is 12.0 Å². The Morgan fingerprint density at radius 2 is 1.90 bits per heavy atom. The van der Waals surface area contributed by atoms with Crippen LogP contribution in [0.5, 0.6) is 5.75 Å². The van der Waals surface area contributed by atoms with Gasteiger partial charge in [-0.05, 0) is 30.7 Å². The Labute approximate surface area is 178 Å². The molecule has 2 N–H and O–H groups in total. The predicted molar refractivity (Wildman–Crippen MR) is 121 cm³/mol. The van der Waals surface area contributed by atoms with Gasteiger partial charge in [0.1, 0.15) is 11.6 Å². The van der Waals surface area contributed by atoms with Gasteiger partial charge in [-0.15, -0.1) is 0 Å². The molecule has 0 aliphatic carbocycles. The van der Waals surface area contributed by atoms with Gasteiger partial charge in [-0.2, -0.15) is 0 Å². The van der Waals surface area contributed by atoms with Crippen LogP contribution >= 0.6 is 0 Å². The van der Waals surface area contributed by atoms with E-state index < -0.39 is 0 Å². The highest BCUT2D eigenvalue weighted by Crippen LogP contribution is 2.20. The summed E-state index contributed by atoms with van der Waals surface area (Å²) in [6.07, 6.45) is 0.860. The minimum atomic E-state index is 0.582. The van der Waals surface area contributed by atoms with Crippen molar-refractivity contribution in [3.8, 4) is 5.75 Å². The first-order valence-electron chi connectivity index (χ1n) is 10.2. The molecule has 7 heteroatoms. The molecule has 2 aromatic carbocycles. The van der Waals surface area contributed by atoms with Crippen LogP contribution in [-0.4, -0.2) is 42.9 Å². The Bertz CT molecular complexity index is 996. The van der Waals surface area contributed by atoms with Crippen molar-refractivity contribution in [3.63, 3.8) is 0 Å².